The van der Waals surface area contributed by atoms with Crippen LogP contribution in [0.5, 0.6) is 0 Å². The Kier molecular flexibility index (Phi) is 4.76. The number of benzene rings is 1. The Morgan fingerprint density at radius 2 is 2.20 bits per heavy atom. The average Bonchev–Trinajstić information content (AvgIpc) is 2.41. The van der Waals surface area contributed by atoms with Crippen molar-refractivity contribution >= 4 is 55.8 Å². The van der Waals surface area contributed by atoms with Gasteiger partial charge in [-0.2, -0.15) is 0 Å². The van der Waals surface area contributed by atoms with E-state index in [1.807, 2.05) is 22.6 Å². The van der Waals surface area contributed by atoms with Gasteiger partial charge in [0.15, 0.2) is 0 Å². The lowest BCUT2D eigenvalue weighted by Crippen LogP contribution is -2.23. The third-order valence-corrected chi connectivity index (χ3v) is 4.84. The van der Waals surface area contributed by atoms with E-state index in [0.29, 0.717) is 8.04 Å². The van der Waals surface area contributed by atoms with Gasteiger partial charge in [-0.15, -0.1) is 0 Å². The Balaban J connectivity index is 2.38. The Labute approximate surface area is 140 Å². The maximum atomic E-state index is 12.0. The molecule has 0 fully saturated rings. The van der Waals surface area contributed by atoms with Gasteiger partial charge in [-0.25, -0.2) is 4.98 Å². The van der Waals surface area contributed by atoms with E-state index in [9.17, 15) is 14.9 Å². The van der Waals surface area contributed by atoms with E-state index in [-0.39, 0.29) is 22.9 Å². The minimum atomic E-state index is -0.479. The van der Waals surface area contributed by atoms with Crippen LogP contribution in [0.15, 0.2) is 33.8 Å². The highest BCUT2D eigenvalue weighted by Gasteiger charge is 2.12. The molecule has 2 aromatic rings. The van der Waals surface area contributed by atoms with Crippen LogP contribution in [-0.2, 0) is 6.54 Å². The predicted molar refractivity (Wildman–Crippen MR) is 86.1 cm³/mol. The van der Waals surface area contributed by atoms with Crippen LogP contribution >= 0.6 is 50.1 Å². The van der Waals surface area contributed by atoms with Crippen LogP contribution in [0.1, 0.15) is 5.56 Å². The zero-order chi connectivity index (χ0) is 14.9. The maximum absolute atomic E-state index is 12.0. The van der Waals surface area contributed by atoms with E-state index in [4.69, 9.17) is 11.6 Å². The van der Waals surface area contributed by atoms with Crippen LogP contribution in [0.25, 0.3) is 0 Å². The molecule has 0 aliphatic rings. The molecule has 0 amide bonds. The van der Waals surface area contributed by atoms with Crippen molar-refractivity contribution in [3.05, 3.63) is 63.8 Å². The Morgan fingerprint density at radius 3 is 2.80 bits per heavy atom. The Morgan fingerprint density at radius 1 is 1.50 bits per heavy atom. The molecule has 1 heterocycles. The van der Waals surface area contributed by atoms with E-state index in [1.54, 1.807) is 6.07 Å². The summed E-state index contributed by atoms with van der Waals surface area (Å²) in [5.74, 6) is 0. The highest BCUT2D eigenvalue weighted by molar-refractivity contribution is 14.1. The fourth-order valence-electron chi connectivity index (χ4n) is 1.52. The first-order chi connectivity index (χ1) is 9.40. The second kappa shape index (κ2) is 6.19. The van der Waals surface area contributed by atoms with E-state index < -0.39 is 4.92 Å². The monoisotopic (exact) mass is 469 g/mol. The molecule has 0 N–H and O–H groups in total. The number of rotatable bonds is 3. The standard InChI is InChI=1S/C11H6BrClIN3O3/c12-8-3-7(17(19)20)2-1-6(8)4-16-5-15-10(13)9(14)11(16)18/h1-3,5H,4H2. The quantitative estimate of drug-likeness (QED) is 0.299. The molecule has 0 spiro atoms. The van der Waals surface area contributed by atoms with Crippen molar-refractivity contribution in [1.82, 2.24) is 9.55 Å². The highest BCUT2D eigenvalue weighted by atomic mass is 127. The van der Waals surface area contributed by atoms with Gasteiger partial charge in [0.1, 0.15) is 8.72 Å². The molecule has 104 valence electrons. The van der Waals surface area contributed by atoms with Gasteiger partial charge in [0, 0.05) is 16.6 Å². The van der Waals surface area contributed by atoms with Crippen molar-refractivity contribution < 1.29 is 4.92 Å². The van der Waals surface area contributed by atoms with E-state index in [0.717, 1.165) is 5.56 Å². The van der Waals surface area contributed by atoms with Gasteiger partial charge in [-0.3, -0.25) is 19.5 Å². The molecule has 0 atom stereocenters. The Hall–Kier alpha value is -1.00. The first-order valence-corrected chi connectivity index (χ1v) is 7.48. The first-order valence-electron chi connectivity index (χ1n) is 5.23. The first kappa shape index (κ1) is 15.4. The zero-order valence-electron chi connectivity index (χ0n) is 9.72. The number of aromatic nitrogens is 2. The highest BCUT2D eigenvalue weighted by Crippen LogP contribution is 2.23. The minimum Gasteiger partial charge on any atom is -0.294 e. The molecule has 0 unspecified atom stereocenters. The molecule has 9 heteroatoms. The summed E-state index contributed by atoms with van der Waals surface area (Å²) in [6, 6.07) is 4.38. The van der Waals surface area contributed by atoms with Crippen LogP contribution < -0.4 is 5.56 Å². The van der Waals surface area contributed by atoms with E-state index in [1.165, 1.54) is 23.0 Å². The molecule has 20 heavy (non-hydrogen) atoms. The minimum absolute atomic E-state index is 0.0169. The van der Waals surface area contributed by atoms with E-state index in [2.05, 4.69) is 20.9 Å². The Bertz CT molecular complexity index is 750. The summed E-state index contributed by atoms with van der Waals surface area (Å²) in [6.45, 7) is 0.248. The molecular formula is C11H6BrClIN3O3. The molecule has 0 saturated heterocycles. The van der Waals surface area contributed by atoms with Gasteiger partial charge in [-0.05, 0) is 34.2 Å². The molecule has 6 nitrogen and oxygen atoms in total. The van der Waals surface area contributed by atoms with Crippen LogP contribution in [0.4, 0.5) is 5.69 Å². The molecule has 0 bridgehead atoms. The second-order valence-corrected chi connectivity index (χ2v) is 6.11. The van der Waals surface area contributed by atoms with Crippen molar-refractivity contribution in [2.45, 2.75) is 6.54 Å². The van der Waals surface area contributed by atoms with Crippen LogP contribution in [0.2, 0.25) is 5.15 Å². The molecule has 0 radical (unpaired) electrons. The third-order valence-electron chi connectivity index (χ3n) is 2.53. The number of hydrogen-bond donors (Lipinski definition) is 0. The molecular weight excluding hydrogens is 464 g/mol. The van der Waals surface area contributed by atoms with Crippen molar-refractivity contribution in [2.75, 3.05) is 0 Å². The van der Waals surface area contributed by atoms with Crippen LogP contribution in [-0.4, -0.2) is 14.5 Å². The zero-order valence-corrected chi connectivity index (χ0v) is 14.2. The molecule has 0 aliphatic carbocycles. The van der Waals surface area contributed by atoms with Gasteiger partial charge in [0.05, 0.1) is 17.8 Å². The second-order valence-electron chi connectivity index (χ2n) is 3.82. The molecule has 1 aromatic heterocycles. The lowest BCUT2D eigenvalue weighted by atomic mass is 10.2. The van der Waals surface area contributed by atoms with Crippen LogP contribution in [0.3, 0.4) is 0 Å². The SMILES string of the molecule is O=c1c(I)c(Cl)ncn1Cc1ccc([N+](=O)[O-])cc1Br. The summed E-state index contributed by atoms with van der Waals surface area (Å²) in [6.07, 6.45) is 1.35. The maximum Gasteiger partial charge on any atom is 0.270 e. The fraction of sp³-hybridized carbons (Fsp3) is 0.0909. The number of hydrogen-bond acceptors (Lipinski definition) is 4. The summed E-state index contributed by atoms with van der Waals surface area (Å²) in [7, 11) is 0. The van der Waals surface area contributed by atoms with Crippen molar-refractivity contribution in [2.24, 2.45) is 0 Å². The predicted octanol–water partition coefficient (Wildman–Crippen LogP) is 3.22. The third kappa shape index (κ3) is 3.18. The lowest BCUT2D eigenvalue weighted by Gasteiger charge is -2.08. The number of halogens is 3. The van der Waals surface area contributed by atoms with Crippen LogP contribution in [0, 0.1) is 13.7 Å². The van der Waals surface area contributed by atoms with E-state index >= 15 is 0 Å². The normalized spacial score (nSPS) is 10.6. The molecule has 0 aliphatic heterocycles. The van der Waals surface area contributed by atoms with Crippen molar-refractivity contribution in [3.8, 4) is 0 Å². The topological polar surface area (TPSA) is 78.0 Å². The van der Waals surface area contributed by atoms with Gasteiger partial charge in [0.2, 0.25) is 0 Å². The lowest BCUT2D eigenvalue weighted by molar-refractivity contribution is -0.384. The summed E-state index contributed by atoms with van der Waals surface area (Å²) in [4.78, 5) is 26.1. The van der Waals surface area contributed by atoms with Gasteiger partial charge >= 0.3 is 0 Å². The summed E-state index contributed by atoms with van der Waals surface area (Å²) in [5.41, 5.74) is 0.463. The van der Waals surface area contributed by atoms with Crippen molar-refractivity contribution in [1.29, 1.82) is 0 Å². The van der Waals surface area contributed by atoms with Gasteiger partial charge in [-0.1, -0.05) is 27.5 Å². The fourth-order valence-corrected chi connectivity index (χ4v) is 2.58. The van der Waals surface area contributed by atoms with Gasteiger partial charge < -0.3 is 0 Å². The average molecular weight is 470 g/mol. The number of nitrogens with zero attached hydrogens (tertiary/aromatic N) is 3. The number of non-ortho nitro benzene ring substituents is 1. The summed E-state index contributed by atoms with van der Waals surface area (Å²) >= 11 is 10.9. The van der Waals surface area contributed by atoms with Crippen molar-refractivity contribution in [3.63, 3.8) is 0 Å². The van der Waals surface area contributed by atoms with Gasteiger partial charge in [0.25, 0.3) is 11.2 Å². The molecule has 0 saturated carbocycles. The number of nitro benzene ring substituents is 1. The summed E-state index contributed by atoms with van der Waals surface area (Å²) < 4.78 is 2.29. The smallest absolute Gasteiger partial charge is 0.270 e. The molecule has 2 rings (SSSR count). The molecule has 1 aromatic carbocycles. The summed E-state index contributed by atoms with van der Waals surface area (Å²) in [5, 5.41) is 10.8. The number of nitro groups is 1. The largest absolute Gasteiger partial charge is 0.294 e.